The Morgan fingerprint density at radius 3 is 2.40 bits per heavy atom. The van der Waals surface area contributed by atoms with Gasteiger partial charge in [-0.3, -0.25) is 0 Å². The van der Waals surface area contributed by atoms with Crippen molar-refractivity contribution in [2.75, 3.05) is 0 Å². The quantitative estimate of drug-likeness (QED) is 0.618. The van der Waals surface area contributed by atoms with Gasteiger partial charge in [-0.05, 0) is 12.3 Å². The van der Waals surface area contributed by atoms with Gasteiger partial charge in [-0.25, -0.2) is 4.79 Å². The van der Waals surface area contributed by atoms with Crippen molar-refractivity contribution >= 4 is 5.97 Å². The monoisotopic (exact) mass is 146 g/mol. The molecule has 0 aromatic rings. The fraction of sp³-hybridized carbons (Fsp3) is 0.857. The zero-order valence-electron chi connectivity index (χ0n) is 6.37. The second kappa shape index (κ2) is 4.28. The van der Waals surface area contributed by atoms with E-state index >= 15 is 0 Å². The topological polar surface area (TPSA) is 57.5 Å². The molecular formula is C7H14O3. The van der Waals surface area contributed by atoms with Crippen LogP contribution in [0.3, 0.4) is 0 Å². The SMILES string of the molecule is CCCC(C)[C@H](O)C(=O)O. The first-order chi connectivity index (χ1) is 4.59. The highest BCUT2D eigenvalue weighted by atomic mass is 16.4. The number of aliphatic hydroxyl groups is 1. The van der Waals surface area contributed by atoms with Crippen molar-refractivity contribution in [2.24, 2.45) is 5.92 Å². The molecule has 60 valence electrons. The second-order valence-corrected chi connectivity index (χ2v) is 2.55. The zero-order chi connectivity index (χ0) is 8.15. The van der Waals surface area contributed by atoms with Gasteiger partial charge in [-0.1, -0.05) is 20.3 Å². The number of hydrogen-bond acceptors (Lipinski definition) is 2. The van der Waals surface area contributed by atoms with E-state index in [0.29, 0.717) is 0 Å². The van der Waals surface area contributed by atoms with Gasteiger partial charge in [0, 0.05) is 0 Å². The number of carboxylic acids is 1. The molecule has 0 fully saturated rings. The summed E-state index contributed by atoms with van der Waals surface area (Å²) in [6.07, 6.45) is 0.471. The lowest BCUT2D eigenvalue weighted by Crippen LogP contribution is -2.27. The van der Waals surface area contributed by atoms with Crippen molar-refractivity contribution in [1.29, 1.82) is 0 Å². The van der Waals surface area contributed by atoms with Gasteiger partial charge >= 0.3 is 5.97 Å². The molecule has 0 aliphatic carbocycles. The number of carboxylic acid groups (broad SMARTS) is 1. The maximum absolute atomic E-state index is 10.2. The second-order valence-electron chi connectivity index (χ2n) is 2.55. The molecule has 0 heterocycles. The molecule has 0 aliphatic heterocycles. The van der Waals surface area contributed by atoms with E-state index in [9.17, 15) is 4.79 Å². The number of aliphatic carboxylic acids is 1. The number of hydrogen-bond donors (Lipinski definition) is 2. The van der Waals surface area contributed by atoms with Crippen LogP contribution in [0.5, 0.6) is 0 Å². The summed E-state index contributed by atoms with van der Waals surface area (Å²) in [5, 5.41) is 17.3. The maximum atomic E-state index is 10.2. The van der Waals surface area contributed by atoms with Crippen LogP contribution in [0.4, 0.5) is 0 Å². The summed E-state index contributed by atoms with van der Waals surface area (Å²) in [5.74, 6) is -1.26. The lowest BCUT2D eigenvalue weighted by atomic mass is 10.00. The van der Waals surface area contributed by atoms with E-state index in [1.807, 2.05) is 6.92 Å². The summed E-state index contributed by atoms with van der Waals surface area (Å²) in [7, 11) is 0. The van der Waals surface area contributed by atoms with Gasteiger partial charge in [0.2, 0.25) is 0 Å². The lowest BCUT2D eigenvalue weighted by Gasteiger charge is -2.12. The first kappa shape index (κ1) is 9.43. The van der Waals surface area contributed by atoms with Crippen molar-refractivity contribution in [3.8, 4) is 0 Å². The summed E-state index contributed by atoms with van der Waals surface area (Å²) in [6.45, 7) is 3.70. The van der Waals surface area contributed by atoms with Crippen molar-refractivity contribution < 1.29 is 15.0 Å². The Bertz CT molecular complexity index is 111. The summed E-state index contributed by atoms with van der Waals surface area (Å²) in [5.41, 5.74) is 0. The Balaban J connectivity index is 3.69. The number of rotatable bonds is 4. The van der Waals surface area contributed by atoms with Gasteiger partial charge in [-0.2, -0.15) is 0 Å². The highest BCUT2D eigenvalue weighted by Crippen LogP contribution is 2.09. The van der Waals surface area contributed by atoms with Crippen molar-refractivity contribution in [2.45, 2.75) is 32.8 Å². The molecule has 0 aliphatic rings. The first-order valence-electron chi connectivity index (χ1n) is 3.50. The standard InChI is InChI=1S/C7H14O3/c1-3-4-5(2)6(8)7(9)10/h5-6,8H,3-4H2,1-2H3,(H,9,10)/t5?,6-/m0/s1. The molecule has 0 saturated heterocycles. The normalized spacial score (nSPS) is 16.3. The summed E-state index contributed by atoms with van der Waals surface area (Å²) in [6, 6.07) is 0. The third kappa shape index (κ3) is 2.82. The summed E-state index contributed by atoms with van der Waals surface area (Å²) >= 11 is 0. The highest BCUT2D eigenvalue weighted by Gasteiger charge is 2.19. The Hall–Kier alpha value is -0.570. The molecule has 2 N–H and O–H groups in total. The van der Waals surface area contributed by atoms with Crippen LogP contribution in [0, 0.1) is 5.92 Å². The molecule has 0 bridgehead atoms. The van der Waals surface area contributed by atoms with E-state index in [0.717, 1.165) is 12.8 Å². The molecule has 3 nitrogen and oxygen atoms in total. The van der Waals surface area contributed by atoms with Crippen molar-refractivity contribution in [3.63, 3.8) is 0 Å². The van der Waals surface area contributed by atoms with E-state index in [4.69, 9.17) is 10.2 Å². The molecule has 0 amide bonds. The van der Waals surface area contributed by atoms with Crippen LogP contribution in [-0.4, -0.2) is 22.3 Å². The Morgan fingerprint density at radius 2 is 2.10 bits per heavy atom. The smallest absolute Gasteiger partial charge is 0.332 e. The molecule has 1 unspecified atom stereocenters. The number of aliphatic hydroxyl groups excluding tert-OH is 1. The number of carbonyl (C=O) groups is 1. The molecule has 10 heavy (non-hydrogen) atoms. The van der Waals surface area contributed by atoms with E-state index in [1.165, 1.54) is 0 Å². The van der Waals surface area contributed by atoms with Crippen LogP contribution in [0.25, 0.3) is 0 Å². The van der Waals surface area contributed by atoms with E-state index < -0.39 is 12.1 Å². The van der Waals surface area contributed by atoms with Crippen LogP contribution in [0.15, 0.2) is 0 Å². The van der Waals surface area contributed by atoms with Gasteiger partial charge in [0.15, 0.2) is 6.10 Å². The average Bonchev–Trinajstić information content (AvgIpc) is 1.87. The molecule has 0 spiro atoms. The average molecular weight is 146 g/mol. The lowest BCUT2D eigenvalue weighted by molar-refractivity contribution is -0.149. The fourth-order valence-electron chi connectivity index (χ4n) is 0.857. The Kier molecular flexibility index (Phi) is 4.03. The van der Waals surface area contributed by atoms with Crippen LogP contribution in [0.1, 0.15) is 26.7 Å². The van der Waals surface area contributed by atoms with Gasteiger partial charge in [0.25, 0.3) is 0 Å². The summed E-state index contributed by atoms with van der Waals surface area (Å²) in [4.78, 5) is 10.2. The third-order valence-electron chi connectivity index (χ3n) is 1.54. The fourth-order valence-corrected chi connectivity index (χ4v) is 0.857. The molecule has 0 aromatic carbocycles. The Morgan fingerprint density at radius 1 is 1.60 bits per heavy atom. The molecule has 0 aromatic heterocycles. The van der Waals surface area contributed by atoms with Crippen LogP contribution in [-0.2, 0) is 4.79 Å². The summed E-state index contributed by atoms with van der Waals surface area (Å²) < 4.78 is 0. The van der Waals surface area contributed by atoms with E-state index in [2.05, 4.69) is 0 Å². The zero-order valence-corrected chi connectivity index (χ0v) is 6.37. The predicted octanol–water partition coefficient (Wildman–Crippen LogP) is 0.868. The predicted molar refractivity (Wildman–Crippen MR) is 37.7 cm³/mol. The molecule has 0 rings (SSSR count). The minimum atomic E-state index is -1.19. The first-order valence-corrected chi connectivity index (χ1v) is 3.50. The van der Waals surface area contributed by atoms with Crippen molar-refractivity contribution in [1.82, 2.24) is 0 Å². The van der Waals surface area contributed by atoms with Gasteiger partial charge in [0.1, 0.15) is 0 Å². The highest BCUT2D eigenvalue weighted by molar-refractivity contribution is 5.72. The minimum absolute atomic E-state index is 0.137. The largest absolute Gasteiger partial charge is 0.479 e. The van der Waals surface area contributed by atoms with Crippen LogP contribution < -0.4 is 0 Å². The van der Waals surface area contributed by atoms with Gasteiger partial charge in [-0.15, -0.1) is 0 Å². The van der Waals surface area contributed by atoms with E-state index in [1.54, 1.807) is 6.92 Å². The van der Waals surface area contributed by atoms with Gasteiger partial charge in [0.05, 0.1) is 0 Å². The van der Waals surface area contributed by atoms with Crippen LogP contribution in [0.2, 0.25) is 0 Å². The van der Waals surface area contributed by atoms with Gasteiger partial charge < -0.3 is 10.2 Å². The minimum Gasteiger partial charge on any atom is -0.479 e. The van der Waals surface area contributed by atoms with E-state index in [-0.39, 0.29) is 5.92 Å². The molecule has 3 heteroatoms. The molecular weight excluding hydrogens is 132 g/mol. The molecule has 0 saturated carbocycles. The maximum Gasteiger partial charge on any atom is 0.332 e. The van der Waals surface area contributed by atoms with Crippen molar-refractivity contribution in [3.05, 3.63) is 0 Å². The Labute approximate surface area is 60.7 Å². The van der Waals surface area contributed by atoms with Crippen LogP contribution >= 0.6 is 0 Å². The molecule has 2 atom stereocenters. The molecule has 0 radical (unpaired) electrons. The third-order valence-corrected chi connectivity index (χ3v) is 1.54.